The van der Waals surface area contributed by atoms with Gasteiger partial charge >= 0.3 is 29.6 Å². The van der Waals surface area contributed by atoms with Crippen molar-refractivity contribution in [3.05, 3.63) is 0 Å². The first-order chi connectivity index (χ1) is 10.4. The number of aliphatic carboxylic acids is 1. The van der Waals surface area contributed by atoms with E-state index in [4.69, 9.17) is 0 Å². The number of aliphatic imine (C=N–C) groups is 1. The molecule has 0 saturated carbocycles. The molecule has 3 atom stereocenters. The van der Waals surface area contributed by atoms with Crippen molar-refractivity contribution >= 4 is 30.0 Å². The second-order valence-electron chi connectivity index (χ2n) is 6.74. The van der Waals surface area contributed by atoms with Crippen molar-refractivity contribution in [2.45, 2.75) is 61.7 Å². The predicted molar refractivity (Wildman–Crippen MR) is 83.4 cm³/mol. The Kier molecular flexibility index (Phi) is 6.09. The van der Waals surface area contributed by atoms with E-state index < -0.39 is 22.8 Å². The molecular weight excluding hydrogens is 325 g/mol. The number of amides is 1. The molecule has 1 amide bonds. The molecule has 3 saturated heterocycles. The van der Waals surface area contributed by atoms with E-state index in [1.54, 1.807) is 6.34 Å². The van der Waals surface area contributed by atoms with Gasteiger partial charge in [-0.05, 0) is 26.7 Å². The molecule has 122 valence electrons. The molecular formula is C15H22N3NaO3S. The average molecular weight is 347 g/mol. The second kappa shape index (κ2) is 7.33. The van der Waals surface area contributed by atoms with Crippen LogP contribution in [-0.2, 0) is 9.59 Å². The molecule has 0 aromatic carbocycles. The van der Waals surface area contributed by atoms with E-state index >= 15 is 0 Å². The van der Waals surface area contributed by atoms with Gasteiger partial charge in [-0.15, -0.1) is 11.8 Å². The molecule has 3 heterocycles. The van der Waals surface area contributed by atoms with Crippen LogP contribution in [0.3, 0.4) is 0 Å². The second-order valence-corrected chi connectivity index (χ2v) is 8.51. The molecule has 6 nitrogen and oxygen atoms in total. The van der Waals surface area contributed by atoms with Crippen LogP contribution in [0, 0.1) is 0 Å². The Morgan fingerprint density at radius 3 is 2.48 bits per heavy atom. The van der Waals surface area contributed by atoms with Gasteiger partial charge < -0.3 is 19.7 Å². The summed E-state index contributed by atoms with van der Waals surface area (Å²) in [6, 6.07) is -1.31. The number of nitrogens with zero attached hydrogens (tertiary/aromatic N) is 3. The molecule has 0 aliphatic carbocycles. The molecule has 0 N–H and O–H groups in total. The van der Waals surface area contributed by atoms with E-state index in [0.717, 1.165) is 25.9 Å². The summed E-state index contributed by atoms with van der Waals surface area (Å²) in [7, 11) is 0. The van der Waals surface area contributed by atoms with Crippen LogP contribution >= 0.6 is 11.8 Å². The molecule has 8 heteroatoms. The minimum absolute atomic E-state index is 0. The van der Waals surface area contributed by atoms with Crippen LogP contribution in [0.2, 0.25) is 0 Å². The number of rotatable bonds is 3. The Hall–Kier alpha value is -0.240. The molecule has 0 bridgehead atoms. The van der Waals surface area contributed by atoms with Gasteiger partial charge in [0, 0.05) is 17.8 Å². The van der Waals surface area contributed by atoms with Crippen molar-refractivity contribution in [2.24, 2.45) is 4.99 Å². The minimum atomic E-state index is -1.18. The molecule has 0 aromatic rings. The van der Waals surface area contributed by atoms with Gasteiger partial charge in [-0.3, -0.25) is 9.79 Å². The van der Waals surface area contributed by atoms with Crippen molar-refractivity contribution in [1.29, 1.82) is 0 Å². The number of fused-ring (bicyclic) bond motifs is 1. The molecule has 23 heavy (non-hydrogen) atoms. The summed E-state index contributed by atoms with van der Waals surface area (Å²) in [6.45, 7) is 5.66. The Balaban J connectivity index is 0.00000192. The number of carboxylic acid groups (broad SMARTS) is 1. The third-order valence-corrected chi connectivity index (χ3v) is 6.22. The summed E-state index contributed by atoms with van der Waals surface area (Å²) in [5.74, 6) is -1.37. The Bertz CT molecular complexity index is 506. The number of thioether (sulfide) groups is 1. The van der Waals surface area contributed by atoms with E-state index in [1.807, 2.05) is 13.8 Å². The fourth-order valence-electron chi connectivity index (χ4n) is 3.49. The fourth-order valence-corrected chi connectivity index (χ4v) is 5.10. The summed E-state index contributed by atoms with van der Waals surface area (Å²) in [6.07, 6.45) is 6.62. The van der Waals surface area contributed by atoms with E-state index in [1.165, 1.54) is 29.5 Å². The first-order valence-electron chi connectivity index (χ1n) is 7.90. The normalized spacial score (nSPS) is 33.0. The maximum absolute atomic E-state index is 12.3. The molecule has 0 spiro atoms. The smallest absolute Gasteiger partial charge is 0.548 e. The number of hydrogen-bond donors (Lipinski definition) is 0. The molecule has 3 fully saturated rings. The van der Waals surface area contributed by atoms with Crippen molar-refractivity contribution in [2.75, 3.05) is 13.1 Å². The Morgan fingerprint density at radius 2 is 1.91 bits per heavy atom. The molecule has 3 aliphatic heterocycles. The zero-order chi connectivity index (χ0) is 15.9. The molecule has 1 unspecified atom stereocenters. The van der Waals surface area contributed by atoms with Gasteiger partial charge in [-0.1, -0.05) is 12.8 Å². The summed E-state index contributed by atoms with van der Waals surface area (Å²) in [5, 5.41) is 11.2. The van der Waals surface area contributed by atoms with Crippen molar-refractivity contribution in [3.63, 3.8) is 0 Å². The van der Waals surface area contributed by atoms with Gasteiger partial charge in [0.05, 0.1) is 18.3 Å². The number of hydrogen-bond acceptors (Lipinski definition) is 5. The molecule has 3 aliphatic rings. The predicted octanol–water partition coefficient (Wildman–Crippen LogP) is -2.92. The Morgan fingerprint density at radius 1 is 1.30 bits per heavy atom. The van der Waals surface area contributed by atoms with Crippen LogP contribution in [0.15, 0.2) is 4.99 Å². The van der Waals surface area contributed by atoms with Gasteiger partial charge in [0.1, 0.15) is 5.37 Å². The first-order valence-corrected chi connectivity index (χ1v) is 8.78. The topological polar surface area (TPSA) is 76.0 Å². The number of likely N-dealkylation sites (tertiary alicyclic amines) is 1. The SMILES string of the molecule is CC1(C)S[C@@H]2C(N=CN3CCCCCC3)C(=O)N2[C@H]1C(=O)[O-].[Na+]. The quantitative estimate of drug-likeness (QED) is 0.237. The van der Waals surface area contributed by atoms with Crippen LogP contribution in [0.25, 0.3) is 0 Å². The van der Waals surface area contributed by atoms with Crippen LogP contribution < -0.4 is 34.7 Å². The summed E-state index contributed by atoms with van der Waals surface area (Å²) in [5.41, 5.74) is 0. The largest absolute Gasteiger partial charge is 1.00 e. The number of carboxylic acids is 1. The maximum Gasteiger partial charge on any atom is 1.00 e. The van der Waals surface area contributed by atoms with E-state index in [9.17, 15) is 14.7 Å². The third-order valence-electron chi connectivity index (χ3n) is 4.67. The molecule has 0 radical (unpaired) electrons. The van der Waals surface area contributed by atoms with Gasteiger partial charge in [0.2, 0.25) is 0 Å². The van der Waals surface area contributed by atoms with Crippen molar-refractivity contribution in [3.8, 4) is 0 Å². The van der Waals surface area contributed by atoms with Crippen molar-refractivity contribution < 1.29 is 44.3 Å². The number of carbonyl (C=O) groups is 2. The van der Waals surface area contributed by atoms with Crippen LogP contribution in [0.1, 0.15) is 39.5 Å². The fraction of sp³-hybridized carbons (Fsp3) is 0.800. The average Bonchev–Trinajstić information content (AvgIpc) is 2.60. The van der Waals surface area contributed by atoms with Gasteiger partial charge in [0.15, 0.2) is 6.04 Å². The maximum atomic E-state index is 12.3. The van der Waals surface area contributed by atoms with Crippen LogP contribution in [0.4, 0.5) is 0 Å². The van der Waals surface area contributed by atoms with E-state index in [2.05, 4.69) is 9.89 Å². The van der Waals surface area contributed by atoms with Crippen molar-refractivity contribution in [1.82, 2.24) is 9.80 Å². The van der Waals surface area contributed by atoms with Crippen LogP contribution in [-0.4, -0.2) is 63.3 Å². The minimum Gasteiger partial charge on any atom is -0.548 e. The molecule has 0 aromatic heterocycles. The summed E-state index contributed by atoms with van der Waals surface area (Å²) >= 11 is 1.51. The zero-order valence-corrected chi connectivity index (χ0v) is 16.8. The van der Waals surface area contributed by atoms with Gasteiger partial charge in [-0.2, -0.15) is 0 Å². The summed E-state index contributed by atoms with van der Waals surface area (Å²) < 4.78 is -0.536. The number of carbonyl (C=O) groups excluding carboxylic acids is 2. The summed E-state index contributed by atoms with van der Waals surface area (Å²) in [4.78, 5) is 31.7. The Labute approximate surface area is 163 Å². The molecule has 3 rings (SSSR count). The number of β-lactam (4-membered cyclic amide) rings is 1. The van der Waals surface area contributed by atoms with E-state index in [-0.39, 0.29) is 40.8 Å². The zero-order valence-electron chi connectivity index (χ0n) is 14.0. The van der Waals surface area contributed by atoms with E-state index in [0.29, 0.717) is 0 Å². The monoisotopic (exact) mass is 347 g/mol. The van der Waals surface area contributed by atoms with Gasteiger partial charge in [-0.25, -0.2) is 0 Å². The van der Waals surface area contributed by atoms with Gasteiger partial charge in [0.25, 0.3) is 5.91 Å². The third kappa shape index (κ3) is 3.57. The standard InChI is InChI=1S/C15H23N3O3S.Na/c1-15(2)11(14(20)21)18-12(19)10(13(18)22-15)16-9-17-7-5-3-4-6-8-17;/h9-11,13H,3-8H2,1-2H3,(H,20,21);/q;+1/p-1/t10?,11-,13+;/m0./s1. The first kappa shape index (κ1) is 19.1. The van der Waals surface area contributed by atoms with Crippen LogP contribution in [0.5, 0.6) is 0 Å².